The third-order valence-corrected chi connectivity index (χ3v) is 5.12. The second-order valence-corrected chi connectivity index (χ2v) is 6.15. The molecule has 2 saturated carbocycles. The fraction of sp³-hybridized carbons (Fsp3) is 0.500. The molecule has 0 spiro atoms. The summed E-state index contributed by atoms with van der Waals surface area (Å²) in [6.45, 7) is 2.00. The first kappa shape index (κ1) is 11.2. The highest BCUT2D eigenvalue weighted by Gasteiger charge is 2.63. The van der Waals surface area contributed by atoms with Crippen LogP contribution in [0.15, 0.2) is 24.3 Å². The van der Waals surface area contributed by atoms with Gasteiger partial charge in [0, 0.05) is 17.4 Å². The first-order chi connectivity index (χ1) is 9.15. The number of benzene rings is 1. The van der Waals surface area contributed by atoms with Gasteiger partial charge in [0.25, 0.3) is 0 Å². The molecule has 0 unspecified atom stereocenters. The molecule has 0 radical (unpaired) electrons. The highest BCUT2D eigenvalue weighted by Crippen LogP contribution is 2.58. The second kappa shape index (κ2) is 3.69. The van der Waals surface area contributed by atoms with Crippen LogP contribution in [0.1, 0.15) is 28.8 Å². The Morgan fingerprint density at radius 3 is 2.68 bits per heavy atom. The maximum atomic E-state index is 12.7. The van der Waals surface area contributed by atoms with E-state index in [4.69, 9.17) is 4.74 Å². The lowest BCUT2D eigenvalue weighted by Crippen LogP contribution is -2.32. The van der Waals surface area contributed by atoms with Crippen LogP contribution in [0.2, 0.25) is 0 Å². The number of ether oxygens (including phenoxy) is 1. The fourth-order valence-corrected chi connectivity index (χ4v) is 4.27. The van der Waals surface area contributed by atoms with Crippen molar-refractivity contribution in [3.63, 3.8) is 0 Å². The van der Waals surface area contributed by atoms with E-state index in [1.807, 2.05) is 31.2 Å². The predicted octanol–water partition coefficient (Wildman–Crippen LogP) is 2.38. The van der Waals surface area contributed by atoms with E-state index in [2.05, 4.69) is 0 Å². The zero-order valence-electron chi connectivity index (χ0n) is 10.8. The minimum Gasteiger partial charge on any atom is -0.462 e. The lowest BCUT2D eigenvalue weighted by molar-refractivity contribution is -0.143. The number of Topliss-reactive ketones (excluding diaryl/α,β-unsaturated/α-hetero) is 1. The van der Waals surface area contributed by atoms with Gasteiger partial charge < -0.3 is 4.74 Å². The molecule has 2 bridgehead atoms. The van der Waals surface area contributed by atoms with Crippen LogP contribution in [-0.2, 0) is 9.53 Å². The number of fused-ring (bicyclic) bond motifs is 1. The molecule has 5 atom stereocenters. The van der Waals surface area contributed by atoms with E-state index < -0.39 is 0 Å². The van der Waals surface area contributed by atoms with E-state index in [1.165, 1.54) is 0 Å². The predicted molar refractivity (Wildman–Crippen MR) is 68.6 cm³/mol. The summed E-state index contributed by atoms with van der Waals surface area (Å²) >= 11 is 0. The van der Waals surface area contributed by atoms with Gasteiger partial charge in [0.05, 0.1) is 5.92 Å². The van der Waals surface area contributed by atoms with Crippen molar-refractivity contribution < 1.29 is 14.3 Å². The first-order valence-electron chi connectivity index (χ1n) is 6.96. The molecule has 2 aliphatic carbocycles. The zero-order valence-corrected chi connectivity index (χ0v) is 10.8. The molecule has 1 heterocycles. The Kier molecular flexibility index (Phi) is 2.17. The van der Waals surface area contributed by atoms with Crippen LogP contribution in [0.4, 0.5) is 0 Å². The molecule has 1 aromatic rings. The van der Waals surface area contributed by atoms with E-state index in [9.17, 15) is 9.59 Å². The molecule has 0 aromatic heterocycles. The normalized spacial score (nSPS) is 38.6. The van der Waals surface area contributed by atoms with E-state index >= 15 is 0 Å². The fourth-order valence-electron chi connectivity index (χ4n) is 4.27. The van der Waals surface area contributed by atoms with Gasteiger partial charge in [-0.2, -0.15) is 0 Å². The van der Waals surface area contributed by atoms with Gasteiger partial charge >= 0.3 is 5.97 Å². The van der Waals surface area contributed by atoms with E-state index in [0.29, 0.717) is 11.8 Å². The third-order valence-electron chi connectivity index (χ3n) is 5.12. The molecule has 98 valence electrons. The third kappa shape index (κ3) is 1.44. The molecule has 3 fully saturated rings. The number of carbonyl (C=O) groups excluding carboxylic acids is 2. The van der Waals surface area contributed by atoms with Crippen molar-refractivity contribution >= 4 is 11.8 Å². The molecule has 3 heteroatoms. The van der Waals surface area contributed by atoms with Gasteiger partial charge in [-0.05, 0) is 25.7 Å². The maximum Gasteiger partial charge on any atom is 0.310 e. The molecular formula is C16H16O3. The molecule has 4 rings (SSSR count). The van der Waals surface area contributed by atoms with Gasteiger partial charge in [0.15, 0.2) is 5.78 Å². The molecule has 3 nitrogen and oxygen atoms in total. The smallest absolute Gasteiger partial charge is 0.310 e. The van der Waals surface area contributed by atoms with Crippen LogP contribution >= 0.6 is 0 Å². The van der Waals surface area contributed by atoms with Gasteiger partial charge in [0.2, 0.25) is 0 Å². The van der Waals surface area contributed by atoms with E-state index in [1.54, 1.807) is 0 Å². The van der Waals surface area contributed by atoms with Gasteiger partial charge in [0.1, 0.15) is 6.10 Å². The SMILES string of the molecule is Cc1ccc(C(=O)[C@H]2[C@H]3C[C@H]4[C@@H]2C(=O)O[C@H]4C3)cc1. The van der Waals surface area contributed by atoms with E-state index in [0.717, 1.165) is 24.0 Å². The number of aryl methyl sites for hydroxylation is 1. The van der Waals surface area contributed by atoms with Crippen molar-refractivity contribution in [3.05, 3.63) is 35.4 Å². The number of rotatable bonds is 2. The molecule has 1 aliphatic heterocycles. The van der Waals surface area contributed by atoms with Gasteiger partial charge in [-0.1, -0.05) is 29.8 Å². The second-order valence-electron chi connectivity index (χ2n) is 6.15. The van der Waals surface area contributed by atoms with Crippen LogP contribution in [-0.4, -0.2) is 17.9 Å². The van der Waals surface area contributed by atoms with Gasteiger partial charge in [-0.3, -0.25) is 9.59 Å². The summed E-state index contributed by atoms with van der Waals surface area (Å²) in [6.07, 6.45) is 1.97. The molecular weight excluding hydrogens is 240 g/mol. The topological polar surface area (TPSA) is 43.4 Å². The molecule has 19 heavy (non-hydrogen) atoms. The van der Waals surface area contributed by atoms with Crippen LogP contribution < -0.4 is 0 Å². The quantitative estimate of drug-likeness (QED) is 0.602. The largest absolute Gasteiger partial charge is 0.462 e. The van der Waals surface area contributed by atoms with E-state index in [-0.39, 0.29) is 29.7 Å². The molecule has 1 aromatic carbocycles. The number of hydrogen-bond acceptors (Lipinski definition) is 3. The lowest BCUT2D eigenvalue weighted by atomic mass is 9.76. The number of carbonyl (C=O) groups is 2. The van der Waals surface area contributed by atoms with Crippen molar-refractivity contribution in [1.82, 2.24) is 0 Å². The Hall–Kier alpha value is -1.64. The Bertz CT molecular complexity index is 558. The van der Waals surface area contributed by atoms with Crippen LogP contribution in [0, 0.1) is 30.6 Å². The summed E-state index contributed by atoms with van der Waals surface area (Å²) in [7, 11) is 0. The summed E-state index contributed by atoms with van der Waals surface area (Å²) < 4.78 is 5.38. The summed E-state index contributed by atoms with van der Waals surface area (Å²) in [5, 5.41) is 0. The minimum atomic E-state index is -0.169. The van der Waals surface area contributed by atoms with Crippen LogP contribution in [0.3, 0.4) is 0 Å². The van der Waals surface area contributed by atoms with Crippen molar-refractivity contribution in [2.24, 2.45) is 23.7 Å². The first-order valence-corrected chi connectivity index (χ1v) is 6.96. The maximum absolute atomic E-state index is 12.7. The van der Waals surface area contributed by atoms with Crippen molar-refractivity contribution in [2.45, 2.75) is 25.9 Å². The standard InChI is InChI=1S/C16H16O3/c1-8-2-4-9(5-3-8)15(17)13-10-6-11-12(7-10)19-16(18)14(11)13/h2-5,10-14H,6-7H2,1H3/t10-,11+,12-,13-,14-/m0/s1. The molecule has 1 saturated heterocycles. The molecule has 0 N–H and O–H groups in total. The summed E-state index contributed by atoms with van der Waals surface area (Å²) in [4.78, 5) is 24.6. The van der Waals surface area contributed by atoms with Crippen molar-refractivity contribution in [2.75, 3.05) is 0 Å². The van der Waals surface area contributed by atoms with Crippen molar-refractivity contribution in [3.8, 4) is 0 Å². The monoisotopic (exact) mass is 256 g/mol. The minimum absolute atomic E-state index is 0.101. The Balaban J connectivity index is 1.68. The van der Waals surface area contributed by atoms with Gasteiger partial charge in [-0.15, -0.1) is 0 Å². The summed E-state index contributed by atoms with van der Waals surface area (Å²) in [5.74, 6) is 0.337. The average Bonchev–Trinajstić information content (AvgIpc) is 2.99. The number of hydrogen-bond donors (Lipinski definition) is 0. The summed E-state index contributed by atoms with van der Waals surface area (Å²) in [6, 6.07) is 7.66. The Morgan fingerprint density at radius 2 is 1.95 bits per heavy atom. The number of esters is 1. The average molecular weight is 256 g/mol. The summed E-state index contributed by atoms with van der Waals surface area (Å²) in [5.41, 5.74) is 1.88. The molecule has 0 amide bonds. The van der Waals surface area contributed by atoms with Crippen LogP contribution in [0.25, 0.3) is 0 Å². The van der Waals surface area contributed by atoms with Crippen molar-refractivity contribution in [1.29, 1.82) is 0 Å². The Morgan fingerprint density at radius 1 is 1.21 bits per heavy atom. The Labute approximate surface area is 111 Å². The highest BCUT2D eigenvalue weighted by molar-refractivity contribution is 6.01. The lowest BCUT2D eigenvalue weighted by Gasteiger charge is -2.23. The van der Waals surface area contributed by atoms with Gasteiger partial charge in [-0.25, -0.2) is 0 Å². The zero-order chi connectivity index (χ0) is 13.1. The number of ketones is 1. The highest BCUT2D eigenvalue weighted by atomic mass is 16.6. The van der Waals surface area contributed by atoms with Crippen LogP contribution in [0.5, 0.6) is 0 Å². The molecule has 3 aliphatic rings.